The van der Waals surface area contributed by atoms with Crippen LogP contribution in [-0.2, 0) is 6.42 Å². The number of nitrogens with zero attached hydrogens (tertiary/aromatic N) is 8. The predicted octanol–water partition coefficient (Wildman–Crippen LogP) is 1.33. The molecule has 10 heteroatoms. The summed E-state index contributed by atoms with van der Waals surface area (Å²) >= 11 is 0. The number of rotatable bonds is 5. The second-order valence-electron chi connectivity index (χ2n) is 7.04. The Labute approximate surface area is 167 Å². The number of aromatic nitrogens is 8. The number of methoxy groups -OCH3 is 1. The zero-order valence-corrected chi connectivity index (χ0v) is 16.1. The van der Waals surface area contributed by atoms with Crippen LogP contribution in [0, 0.1) is 0 Å². The molecule has 4 aromatic rings. The molecule has 0 atom stereocenters. The summed E-state index contributed by atoms with van der Waals surface area (Å²) in [5.41, 5.74) is 3.15. The van der Waals surface area contributed by atoms with Crippen molar-refractivity contribution in [3.8, 4) is 11.6 Å². The predicted molar refractivity (Wildman–Crippen MR) is 105 cm³/mol. The molecular weight excluding hydrogens is 370 g/mol. The van der Waals surface area contributed by atoms with E-state index in [1.165, 1.54) is 0 Å². The minimum atomic E-state index is 0.459. The summed E-state index contributed by atoms with van der Waals surface area (Å²) in [4.78, 5) is 13.3. The third kappa shape index (κ3) is 3.54. The van der Waals surface area contributed by atoms with Crippen LogP contribution in [0.15, 0.2) is 36.9 Å². The van der Waals surface area contributed by atoms with Crippen molar-refractivity contribution in [3.63, 3.8) is 0 Å². The van der Waals surface area contributed by atoms with Crippen LogP contribution in [0.25, 0.3) is 16.9 Å². The van der Waals surface area contributed by atoms with Gasteiger partial charge in [0, 0.05) is 24.9 Å². The molecule has 0 amide bonds. The summed E-state index contributed by atoms with van der Waals surface area (Å²) in [6.07, 6.45) is 10.2. The van der Waals surface area contributed by atoms with Crippen molar-refractivity contribution in [3.05, 3.63) is 48.3 Å². The standard InChI is InChI=1S/C19H21N9O/c1-29-18-9-15(4-7-21-18)28-19-16(25-26-28)11-22-17(24-19)8-13-10-23-27(12-13)14-2-5-20-6-3-14/h4,7,9-12,14,20H,2-3,5-6,8H2,1H3. The third-order valence-electron chi connectivity index (χ3n) is 5.11. The van der Waals surface area contributed by atoms with Crippen molar-refractivity contribution in [2.75, 3.05) is 20.2 Å². The summed E-state index contributed by atoms with van der Waals surface area (Å²) in [7, 11) is 1.58. The van der Waals surface area contributed by atoms with Gasteiger partial charge >= 0.3 is 0 Å². The SMILES string of the molecule is COc1cc(-n2nnc3cnc(Cc4cnn(C5CCNCC5)c4)nc32)ccn1. The van der Waals surface area contributed by atoms with Crippen LogP contribution >= 0.6 is 0 Å². The van der Waals surface area contributed by atoms with Gasteiger partial charge in [-0.1, -0.05) is 5.21 Å². The number of fused-ring (bicyclic) bond motifs is 1. The number of hydrogen-bond donors (Lipinski definition) is 1. The van der Waals surface area contributed by atoms with Crippen LogP contribution in [0.2, 0.25) is 0 Å². The molecule has 29 heavy (non-hydrogen) atoms. The van der Waals surface area contributed by atoms with E-state index >= 15 is 0 Å². The number of pyridine rings is 1. The van der Waals surface area contributed by atoms with Crippen LogP contribution in [0.1, 0.15) is 30.3 Å². The van der Waals surface area contributed by atoms with Gasteiger partial charge in [0.15, 0.2) is 11.2 Å². The van der Waals surface area contributed by atoms with E-state index in [1.54, 1.807) is 30.3 Å². The molecule has 1 fully saturated rings. The van der Waals surface area contributed by atoms with Crippen molar-refractivity contribution in [2.45, 2.75) is 25.3 Å². The normalized spacial score (nSPS) is 15.1. The van der Waals surface area contributed by atoms with E-state index in [1.807, 2.05) is 12.3 Å². The molecule has 1 aliphatic heterocycles. The van der Waals surface area contributed by atoms with Gasteiger partial charge in [-0.3, -0.25) is 4.68 Å². The first-order chi connectivity index (χ1) is 14.3. The maximum Gasteiger partial charge on any atom is 0.215 e. The highest BCUT2D eigenvalue weighted by atomic mass is 16.5. The molecule has 5 heterocycles. The zero-order chi connectivity index (χ0) is 19.6. The highest BCUT2D eigenvalue weighted by Crippen LogP contribution is 2.20. The Bertz CT molecular complexity index is 1130. The van der Waals surface area contributed by atoms with Gasteiger partial charge in [-0.05, 0) is 37.6 Å². The molecule has 148 valence electrons. The number of hydrogen-bond acceptors (Lipinski definition) is 8. The van der Waals surface area contributed by atoms with Crippen molar-refractivity contribution < 1.29 is 4.74 Å². The molecule has 0 aromatic carbocycles. The monoisotopic (exact) mass is 391 g/mol. The highest BCUT2D eigenvalue weighted by Gasteiger charge is 2.16. The van der Waals surface area contributed by atoms with Gasteiger partial charge in [0.05, 0.1) is 31.2 Å². The lowest BCUT2D eigenvalue weighted by Crippen LogP contribution is -2.29. The van der Waals surface area contributed by atoms with Crippen molar-refractivity contribution >= 4 is 11.2 Å². The van der Waals surface area contributed by atoms with Gasteiger partial charge < -0.3 is 10.1 Å². The van der Waals surface area contributed by atoms with Gasteiger partial charge in [0.25, 0.3) is 0 Å². The minimum Gasteiger partial charge on any atom is -0.481 e. The second-order valence-corrected chi connectivity index (χ2v) is 7.04. The molecule has 1 saturated heterocycles. The van der Waals surface area contributed by atoms with E-state index < -0.39 is 0 Å². The molecule has 5 rings (SSSR count). The quantitative estimate of drug-likeness (QED) is 0.543. The first-order valence-electron chi connectivity index (χ1n) is 9.61. The van der Waals surface area contributed by atoms with E-state index in [-0.39, 0.29) is 0 Å². The molecule has 1 N–H and O–H groups in total. The summed E-state index contributed by atoms with van der Waals surface area (Å²) in [6.45, 7) is 2.08. The molecule has 0 unspecified atom stereocenters. The van der Waals surface area contributed by atoms with Gasteiger partial charge in [-0.15, -0.1) is 5.10 Å². The number of nitrogens with one attached hydrogen (secondary N) is 1. The van der Waals surface area contributed by atoms with Crippen molar-refractivity contribution in [2.24, 2.45) is 0 Å². The Hall–Kier alpha value is -3.40. The van der Waals surface area contributed by atoms with Gasteiger partial charge in [0.1, 0.15) is 5.82 Å². The fourth-order valence-corrected chi connectivity index (χ4v) is 3.59. The van der Waals surface area contributed by atoms with Crippen LogP contribution in [-0.4, -0.2) is 59.9 Å². The lowest BCUT2D eigenvalue weighted by molar-refractivity contribution is 0.343. The lowest BCUT2D eigenvalue weighted by atomic mass is 10.1. The Morgan fingerprint density at radius 1 is 1.21 bits per heavy atom. The molecule has 0 aliphatic carbocycles. The summed E-state index contributed by atoms with van der Waals surface area (Å²) in [6, 6.07) is 4.08. The Morgan fingerprint density at radius 3 is 2.97 bits per heavy atom. The molecular formula is C19H21N9O. The van der Waals surface area contributed by atoms with Gasteiger partial charge in [0.2, 0.25) is 5.88 Å². The first-order valence-corrected chi connectivity index (χ1v) is 9.61. The fourth-order valence-electron chi connectivity index (χ4n) is 3.59. The summed E-state index contributed by atoms with van der Waals surface area (Å²) in [5.74, 6) is 1.21. The first kappa shape index (κ1) is 17.7. The molecule has 1 aliphatic rings. The Morgan fingerprint density at radius 2 is 2.10 bits per heavy atom. The smallest absolute Gasteiger partial charge is 0.215 e. The lowest BCUT2D eigenvalue weighted by Gasteiger charge is -2.22. The molecule has 0 spiro atoms. The summed E-state index contributed by atoms with van der Waals surface area (Å²) < 4.78 is 8.94. The minimum absolute atomic E-state index is 0.459. The van der Waals surface area contributed by atoms with Crippen molar-refractivity contribution in [1.82, 2.24) is 45.0 Å². The number of ether oxygens (including phenoxy) is 1. The maximum atomic E-state index is 5.20. The summed E-state index contributed by atoms with van der Waals surface area (Å²) in [5, 5.41) is 16.3. The second kappa shape index (κ2) is 7.55. The maximum absolute atomic E-state index is 5.20. The fraction of sp³-hybridized carbons (Fsp3) is 0.368. The van der Waals surface area contributed by atoms with Crippen LogP contribution < -0.4 is 10.1 Å². The molecule has 0 bridgehead atoms. The van der Waals surface area contributed by atoms with Gasteiger partial charge in [-0.25, -0.2) is 15.0 Å². The van der Waals surface area contributed by atoms with E-state index in [0.29, 0.717) is 35.3 Å². The molecule has 10 nitrogen and oxygen atoms in total. The number of piperidine rings is 1. The van der Waals surface area contributed by atoms with E-state index in [2.05, 4.69) is 41.6 Å². The van der Waals surface area contributed by atoms with Crippen LogP contribution in [0.3, 0.4) is 0 Å². The average Bonchev–Trinajstić information content (AvgIpc) is 3.41. The molecule has 0 saturated carbocycles. The molecule has 0 radical (unpaired) electrons. The topological polar surface area (TPSA) is 108 Å². The van der Waals surface area contributed by atoms with Crippen molar-refractivity contribution in [1.29, 1.82) is 0 Å². The average molecular weight is 391 g/mol. The molecule has 4 aromatic heterocycles. The third-order valence-corrected chi connectivity index (χ3v) is 5.11. The van der Waals surface area contributed by atoms with E-state index in [9.17, 15) is 0 Å². The largest absolute Gasteiger partial charge is 0.481 e. The Balaban J connectivity index is 1.42. The highest BCUT2D eigenvalue weighted by molar-refractivity contribution is 5.70. The van der Waals surface area contributed by atoms with Crippen LogP contribution in [0.5, 0.6) is 5.88 Å². The van der Waals surface area contributed by atoms with E-state index in [4.69, 9.17) is 9.72 Å². The zero-order valence-electron chi connectivity index (χ0n) is 16.1. The van der Waals surface area contributed by atoms with E-state index in [0.717, 1.165) is 37.2 Å². The van der Waals surface area contributed by atoms with Gasteiger partial charge in [-0.2, -0.15) is 9.78 Å². The van der Waals surface area contributed by atoms with Crippen LogP contribution in [0.4, 0.5) is 0 Å². The Kier molecular flexibility index (Phi) is 4.60.